The smallest absolute Gasteiger partial charge is 0.257 e. The highest BCUT2D eigenvalue weighted by atomic mass is 35.5. The number of aromatic nitrogens is 1. The monoisotopic (exact) mass is 431 g/mol. The van der Waals surface area contributed by atoms with Gasteiger partial charge in [-0.3, -0.25) is 4.79 Å². The quantitative estimate of drug-likeness (QED) is 0.481. The van der Waals surface area contributed by atoms with Crippen molar-refractivity contribution < 1.29 is 14.6 Å². The number of hydrogen-bond donors (Lipinski definition) is 3. The van der Waals surface area contributed by atoms with Crippen LogP contribution in [0.3, 0.4) is 0 Å². The van der Waals surface area contributed by atoms with Gasteiger partial charge in [-0.05, 0) is 36.8 Å². The molecule has 0 spiro atoms. The fraction of sp³-hybridized carbons (Fsp3) is 0.238. The fourth-order valence-electron chi connectivity index (χ4n) is 2.78. The maximum atomic E-state index is 12.8. The molecule has 3 rings (SSSR count). The number of aryl methyl sites for hydroxylation is 1. The minimum atomic E-state index is -0.293. The van der Waals surface area contributed by atoms with Crippen molar-refractivity contribution in [3.8, 4) is 17.0 Å². The average Bonchev–Trinajstić information content (AvgIpc) is 3.21. The lowest BCUT2D eigenvalue weighted by Crippen LogP contribution is -2.16. The number of carbonyl (C=O) groups excluding carboxylic acids is 1. The van der Waals surface area contributed by atoms with Crippen LogP contribution in [0.2, 0.25) is 5.02 Å². The summed E-state index contributed by atoms with van der Waals surface area (Å²) in [4.78, 5) is 17.4. The van der Waals surface area contributed by atoms with Crippen LogP contribution in [0.4, 0.5) is 11.4 Å². The fourth-order valence-corrected chi connectivity index (χ4v) is 3.80. The number of rotatable bonds is 8. The van der Waals surface area contributed by atoms with Crippen molar-refractivity contribution in [3.05, 3.63) is 57.4 Å². The summed E-state index contributed by atoms with van der Waals surface area (Å²) in [6, 6.07) is 10.5. The highest BCUT2D eigenvalue weighted by molar-refractivity contribution is 7.09. The van der Waals surface area contributed by atoms with E-state index < -0.39 is 0 Å². The molecule has 1 amide bonds. The van der Waals surface area contributed by atoms with E-state index in [0.29, 0.717) is 34.3 Å². The largest absolute Gasteiger partial charge is 0.497 e. The van der Waals surface area contributed by atoms with Crippen LogP contribution in [0.1, 0.15) is 22.3 Å². The molecular weight excluding hydrogens is 410 g/mol. The van der Waals surface area contributed by atoms with Gasteiger partial charge in [-0.1, -0.05) is 18.5 Å². The van der Waals surface area contributed by atoms with E-state index in [2.05, 4.69) is 22.5 Å². The Balaban J connectivity index is 1.81. The van der Waals surface area contributed by atoms with Gasteiger partial charge in [-0.2, -0.15) is 0 Å². The van der Waals surface area contributed by atoms with E-state index in [0.717, 1.165) is 22.7 Å². The van der Waals surface area contributed by atoms with Crippen molar-refractivity contribution in [2.24, 2.45) is 0 Å². The van der Waals surface area contributed by atoms with Gasteiger partial charge in [0.25, 0.3) is 5.91 Å². The number of methoxy groups -OCH3 is 1. The lowest BCUT2D eigenvalue weighted by atomic mass is 10.1. The summed E-state index contributed by atoms with van der Waals surface area (Å²) < 4.78 is 5.21. The van der Waals surface area contributed by atoms with Gasteiger partial charge in [0.05, 0.1) is 40.7 Å². The number of ether oxygens (including phenoxy) is 1. The topological polar surface area (TPSA) is 83.5 Å². The van der Waals surface area contributed by atoms with Crippen LogP contribution in [0.5, 0.6) is 5.75 Å². The average molecular weight is 432 g/mol. The Morgan fingerprint density at radius 2 is 2.10 bits per heavy atom. The van der Waals surface area contributed by atoms with Crippen molar-refractivity contribution in [3.63, 3.8) is 0 Å². The van der Waals surface area contributed by atoms with Gasteiger partial charge in [0.1, 0.15) is 5.75 Å². The standard InChI is InChI=1S/C21H22ClN3O3S/c1-3-20-25-19(12-29-20)15-6-4-13(10-17(15)22)24-21(27)16-7-5-14(28-2)11-18(16)23-8-9-26/h4-7,10-12,23,26H,3,8-9H2,1-2H3,(H,24,27). The van der Waals surface area contributed by atoms with E-state index in [9.17, 15) is 4.79 Å². The first-order valence-corrected chi connectivity index (χ1v) is 10.4. The lowest BCUT2D eigenvalue weighted by Gasteiger charge is -2.13. The Morgan fingerprint density at radius 1 is 1.28 bits per heavy atom. The molecule has 0 radical (unpaired) electrons. The second-order valence-corrected chi connectivity index (χ2v) is 7.54. The number of halogens is 1. The summed E-state index contributed by atoms with van der Waals surface area (Å²) in [6.07, 6.45) is 0.880. The molecule has 3 aromatic rings. The van der Waals surface area contributed by atoms with Crippen molar-refractivity contribution in [2.45, 2.75) is 13.3 Å². The Kier molecular flexibility index (Phi) is 7.09. The van der Waals surface area contributed by atoms with Gasteiger partial charge in [0, 0.05) is 29.2 Å². The predicted molar refractivity (Wildman–Crippen MR) is 118 cm³/mol. The minimum Gasteiger partial charge on any atom is -0.497 e. The maximum absolute atomic E-state index is 12.8. The highest BCUT2D eigenvalue weighted by Crippen LogP contribution is 2.32. The molecule has 2 aromatic carbocycles. The molecule has 0 atom stereocenters. The van der Waals surface area contributed by atoms with E-state index in [4.69, 9.17) is 21.4 Å². The number of nitrogens with one attached hydrogen (secondary N) is 2. The highest BCUT2D eigenvalue weighted by Gasteiger charge is 2.14. The second-order valence-electron chi connectivity index (χ2n) is 6.19. The third-order valence-electron chi connectivity index (χ3n) is 4.26. The van der Waals surface area contributed by atoms with Crippen LogP contribution < -0.4 is 15.4 Å². The van der Waals surface area contributed by atoms with E-state index in [-0.39, 0.29) is 12.5 Å². The molecule has 0 fully saturated rings. The summed E-state index contributed by atoms with van der Waals surface area (Å²) in [5, 5.41) is 18.5. The number of benzene rings is 2. The summed E-state index contributed by atoms with van der Waals surface area (Å²) >= 11 is 8.04. The van der Waals surface area contributed by atoms with Crippen LogP contribution in [0, 0.1) is 0 Å². The molecule has 0 saturated carbocycles. The Bertz CT molecular complexity index is 1010. The molecule has 0 aliphatic heterocycles. The number of anilines is 2. The van der Waals surface area contributed by atoms with E-state index in [1.807, 2.05) is 11.4 Å². The minimum absolute atomic E-state index is 0.0499. The first-order valence-electron chi connectivity index (χ1n) is 9.14. The SMILES string of the molecule is CCc1nc(-c2ccc(NC(=O)c3ccc(OC)cc3NCCO)cc2Cl)cs1. The van der Waals surface area contributed by atoms with Crippen LogP contribution in [-0.4, -0.2) is 36.3 Å². The van der Waals surface area contributed by atoms with Crippen molar-refractivity contribution in [1.29, 1.82) is 0 Å². The van der Waals surface area contributed by atoms with Crippen LogP contribution in [-0.2, 0) is 6.42 Å². The molecule has 29 heavy (non-hydrogen) atoms. The normalized spacial score (nSPS) is 10.6. The summed E-state index contributed by atoms with van der Waals surface area (Å²) in [5.74, 6) is 0.322. The molecule has 0 bridgehead atoms. The predicted octanol–water partition coefficient (Wildman–Crippen LogP) is 4.69. The third-order valence-corrected chi connectivity index (χ3v) is 5.56. The Morgan fingerprint density at radius 3 is 2.76 bits per heavy atom. The molecule has 0 aliphatic carbocycles. The van der Waals surface area contributed by atoms with E-state index in [1.165, 1.54) is 0 Å². The van der Waals surface area contributed by atoms with E-state index in [1.54, 1.807) is 48.8 Å². The number of aliphatic hydroxyl groups is 1. The van der Waals surface area contributed by atoms with Gasteiger partial charge in [-0.15, -0.1) is 11.3 Å². The second kappa shape index (κ2) is 9.73. The number of carbonyl (C=O) groups is 1. The first kappa shape index (κ1) is 21.1. The molecule has 1 heterocycles. The number of thiazole rings is 1. The van der Waals surface area contributed by atoms with Crippen molar-refractivity contribution >= 4 is 40.2 Å². The van der Waals surface area contributed by atoms with Crippen molar-refractivity contribution in [1.82, 2.24) is 4.98 Å². The lowest BCUT2D eigenvalue weighted by molar-refractivity contribution is 0.102. The molecule has 6 nitrogen and oxygen atoms in total. The van der Waals surface area contributed by atoms with Crippen LogP contribution >= 0.6 is 22.9 Å². The molecule has 0 aliphatic rings. The maximum Gasteiger partial charge on any atom is 0.257 e. The molecule has 8 heteroatoms. The zero-order valence-corrected chi connectivity index (χ0v) is 17.7. The molecular formula is C21H22ClN3O3S. The number of hydrogen-bond acceptors (Lipinski definition) is 6. The summed E-state index contributed by atoms with van der Waals surface area (Å²) in [5.41, 5.74) is 3.26. The third kappa shape index (κ3) is 5.06. The molecule has 152 valence electrons. The van der Waals surface area contributed by atoms with Gasteiger partial charge in [0.15, 0.2) is 0 Å². The molecule has 3 N–H and O–H groups in total. The van der Waals surface area contributed by atoms with Gasteiger partial charge >= 0.3 is 0 Å². The van der Waals surface area contributed by atoms with E-state index >= 15 is 0 Å². The van der Waals surface area contributed by atoms with Crippen molar-refractivity contribution in [2.75, 3.05) is 30.9 Å². The zero-order chi connectivity index (χ0) is 20.8. The Hall–Kier alpha value is -2.61. The number of nitrogens with zero attached hydrogens (tertiary/aromatic N) is 1. The van der Waals surface area contributed by atoms with Gasteiger partial charge < -0.3 is 20.5 Å². The van der Waals surface area contributed by atoms with Gasteiger partial charge in [0.2, 0.25) is 0 Å². The summed E-state index contributed by atoms with van der Waals surface area (Å²) in [7, 11) is 1.56. The molecule has 0 saturated heterocycles. The summed E-state index contributed by atoms with van der Waals surface area (Å²) in [6.45, 7) is 2.33. The number of aliphatic hydroxyl groups excluding tert-OH is 1. The molecule has 0 unspecified atom stereocenters. The molecule has 1 aromatic heterocycles. The van der Waals surface area contributed by atoms with Gasteiger partial charge in [-0.25, -0.2) is 4.98 Å². The van der Waals surface area contributed by atoms with Crippen LogP contribution in [0.15, 0.2) is 41.8 Å². The first-order chi connectivity index (χ1) is 14.0. The Labute approximate surface area is 178 Å². The number of amides is 1. The zero-order valence-electron chi connectivity index (χ0n) is 16.2. The van der Waals surface area contributed by atoms with Crippen LogP contribution in [0.25, 0.3) is 11.3 Å².